The number of carbonyl (C=O) groups is 3. The predicted octanol–water partition coefficient (Wildman–Crippen LogP) is 2.03. The minimum Gasteiger partial charge on any atom is -0.467 e. The number of fused-ring (bicyclic) bond motifs is 1. The molecule has 2 N–H and O–H groups in total. The largest absolute Gasteiger partial charge is 0.467 e. The lowest BCUT2D eigenvalue weighted by molar-refractivity contribution is -0.147. The van der Waals surface area contributed by atoms with Gasteiger partial charge in [0.25, 0.3) is 5.91 Å². The molecular formula is C18H22N2O5. The van der Waals surface area contributed by atoms with Crippen molar-refractivity contribution in [3.05, 3.63) is 36.0 Å². The molecule has 0 spiro atoms. The van der Waals surface area contributed by atoms with Crippen molar-refractivity contribution in [2.24, 2.45) is 5.92 Å². The van der Waals surface area contributed by atoms with Gasteiger partial charge in [-0.25, -0.2) is 9.59 Å². The van der Waals surface area contributed by atoms with Gasteiger partial charge in [0.05, 0.1) is 12.7 Å². The molecule has 1 amide bonds. The zero-order valence-corrected chi connectivity index (χ0v) is 14.5. The highest BCUT2D eigenvalue weighted by Gasteiger charge is 2.27. The topological polar surface area (TPSA) is 97.5 Å². The van der Waals surface area contributed by atoms with Gasteiger partial charge in [-0.2, -0.15) is 0 Å². The quantitative estimate of drug-likeness (QED) is 0.748. The Labute approximate surface area is 145 Å². The van der Waals surface area contributed by atoms with Crippen LogP contribution in [0.3, 0.4) is 0 Å². The Hall–Kier alpha value is -2.83. The number of hydrogen-bond acceptors (Lipinski definition) is 5. The highest BCUT2D eigenvalue weighted by molar-refractivity contribution is 6.04. The molecule has 0 aliphatic carbocycles. The molecule has 7 nitrogen and oxygen atoms in total. The van der Waals surface area contributed by atoms with Crippen LogP contribution in [0.5, 0.6) is 0 Å². The van der Waals surface area contributed by atoms with Crippen LogP contribution >= 0.6 is 0 Å². The zero-order valence-electron chi connectivity index (χ0n) is 14.5. The second kappa shape index (κ2) is 8.32. The molecule has 1 heterocycles. The molecule has 0 fully saturated rings. The number of H-pyrrole nitrogens is 1. The summed E-state index contributed by atoms with van der Waals surface area (Å²) in [6.45, 7) is 3.27. The maximum atomic E-state index is 12.2. The molecule has 134 valence electrons. The standard InChI is InChI=1S/C18H22N2O5/c1-4-11(2)16(18(23)24-3)20-15(21)10-25-17(22)13-9-19-14-8-6-5-7-12(13)14/h5-9,11,16,19H,4,10H2,1-3H3,(H,20,21)/t11-,16-/m1/s1. The van der Waals surface area contributed by atoms with Crippen molar-refractivity contribution in [3.8, 4) is 0 Å². The third-order valence-electron chi connectivity index (χ3n) is 4.13. The average molecular weight is 346 g/mol. The van der Waals surface area contributed by atoms with Crippen LogP contribution in [0, 0.1) is 5.92 Å². The number of hydrogen-bond donors (Lipinski definition) is 2. The van der Waals surface area contributed by atoms with Gasteiger partial charge in [-0.1, -0.05) is 38.5 Å². The van der Waals surface area contributed by atoms with E-state index in [0.29, 0.717) is 12.0 Å². The third-order valence-corrected chi connectivity index (χ3v) is 4.13. The summed E-state index contributed by atoms with van der Waals surface area (Å²) in [5.41, 5.74) is 1.16. The predicted molar refractivity (Wildman–Crippen MR) is 92.0 cm³/mol. The van der Waals surface area contributed by atoms with Crippen LogP contribution in [0.4, 0.5) is 0 Å². The molecule has 0 saturated carbocycles. The Morgan fingerprint density at radius 1 is 1.24 bits per heavy atom. The maximum Gasteiger partial charge on any atom is 0.340 e. The molecule has 1 aromatic heterocycles. The second-order valence-electron chi connectivity index (χ2n) is 5.78. The lowest BCUT2D eigenvalue weighted by atomic mass is 9.99. The van der Waals surface area contributed by atoms with E-state index < -0.39 is 30.5 Å². The molecule has 0 saturated heterocycles. The number of benzene rings is 1. The van der Waals surface area contributed by atoms with Crippen LogP contribution in [0.1, 0.15) is 30.6 Å². The van der Waals surface area contributed by atoms with Gasteiger partial charge in [-0.15, -0.1) is 0 Å². The SMILES string of the molecule is CC[C@@H](C)[C@@H](NC(=O)COC(=O)c1c[nH]c2ccccc12)C(=O)OC. The number of nitrogens with one attached hydrogen (secondary N) is 2. The van der Waals surface area contributed by atoms with E-state index in [-0.39, 0.29) is 5.92 Å². The van der Waals surface area contributed by atoms with E-state index in [2.05, 4.69) is 10.3 Å². The summed E-state index contributed by atoms with van der Waals surface area (Å²) >= 11 is 0. The summed E-state index contributed by atoms with van der Waals surface area (Å²) in [5, 5.41) is 3.28. The van der Waals surface area contributed by atoms with Crippen molar-refractivity contribution in [3.63, 3.8) is 0 Å². The van der Waals surface area contributed by atoms with Gasteiger partial charge in [-0.3, -0.25) is 4.79 Å². The number of ether oxygens (including phenoxy) is 2. The second-order valence-corrected chi connectivity index (χ2v) is 5.78. The lowest BCUT2D eigenvalue weighted by Crippen LogP contribution is -2.47. The highest BCUT2D eigenvalue weighted by atomic mass is 16.5. The summed E-state index contributed by atoms with van der Waals surface area (Å²) in [7, 11) is 1.26. The number of para-hydroxylation sites is 1. The Kier molecular flexibility index (Phi) is 6.16. The number of aromatic nitrogens is 1. The molecule has 25 heavy (non-hydrogen) atoms. The Morgan fingerprint density at radius 3 is 2.64 bits per heavy atom. The van der Waals surface area contributed by atoms with E-state index >= 15 is 0 Å². The van der Waals surface area contributed by atoms with Crippen LogP contribution in [-0.2, 0) is 19.1 Å². The van der Waals surface area contributed by atoms with Gasteiger partial charge in [0.1, 0.15) is 6.04 Å². The zero-order chi connectivity index (χ0) is 18.4. The summed E-state index contributed by atoms with van der Waals surface area (Å²) in [6, 6.07) is 6.52. The van der Waals surface area contributed by atoms with E-state index in [0.717, 1.165) is 10.9 Å². The first-order valence-electron chi connectivity index (χ1n) is 8.08. The van der Waals surface area contributed by atoms with Crippen molar-refractivity contribution in [2.45, 2.75) is 26.3 Å². The first-order chi connectivity index (χ1) is 12.0. The normalized spacial score (nSPS) is 13.1. The molecule has 0 radical (unpaired) electrons. The summed E-state index contributed by atoms with van der Waals surface area (Å²) < 4.78 is 9.76. The fraction of sp³-hybridized carbons (Fsp3) is 0.389. The van der Waals surface area contributed by atoms with E-state index in [4.69, 9.17) is 9.47 Å². The maximum absolute atomic E-state index is 12.2. The summed E-state index contributed by atoms with van der Waals surface area (Å²) in [5.74, 6) is -1.78. The van der Waals surface area contributed by atoms with Gasteiger partial charge in [-0.05, 0) is 12.0 Å². The van der Waals surface area contributed by atoms with Crippen molar-refractivity contribution >= 4 is 28.7 Å². The van der Waals surface area contributed by atoms with Gasteiger partial charge < -0.3 is 19.8 Å². The monoisotopic (exact) mass is 346 g/mol. The molecule has 0 bridgehead atoms. The van der Waals surface area contributed by atoms with Crippen molar-refractivity contribution in [2.75, 3.05) is 13.7 Å². The first-order valence-corrected chi connectivity index (χ1v) is 8.08. The molecule has 7 heteroatoms. The molecule has 0 aliphatic heterocycles. The average Bonchev–Trinajstić information content (AvgIpc) is 3.07. The van der Waals surface area contributed by atoms with Crippen LogP contribution in [0.15, 0.2) is 30.5 Å². The van der Waals surface area contributed by atoms with Crippen molar-refractivity contribution in [1.29, 1.82) is 0 Å². The van der Waals surface area contributed by atoms with Gasteiger partial charge in [0.2, 0.25) is 0 Å². The Morgan fingerprint density at radius 2 is 1.96 bits per heavy atom. The molecule has 2 aromatic rings. The smallest absolute Gasteiger partial charge is 0.340 e. The number of amides is 1. The van der Waals surface area contributed by atoms with Crippen LogP contribution in [0.25, 0.3) is 10.9 Å². The molecule has 1 aromatic carbocycles. The third kappa shape index (κ3) is 4.37. The summed E-state index contributed by atoms with van der Waals surface area (Å²) in [4.78, 5) is 38.9. The minimum atomic E-state index is -0.769. The molecule has 2 rings (SSSR count). The fourth-order valence-electron chi connectivity index (χ4n) is 2.46. The van der Waals surface area contributed by atoms with Crippen molar-refractivity contribution < 1.29 is 23.9 Å². The Balaban J connectivity index is 1.96. The number of aromatic amines is 1. The number of methoxy groups -OCH3 is 1. The molecule has 0 aliphatic rings. The minimum absolute atomic E-state index is 0.0966. The van der Waals surface area contributed by atoms with Gasteiger partial charge >= 0.3 is 11.9 Å². The fourth-order valence-corrected chi connectivity index (χ4v) is 2.46. The Bertz CT molecular complexity index is 768. The van der Waals surface area contributed by atoms with Crippen LogP contribution in [0.2, 0.25) is 0 Å². The highest BCUT2D eigenvalue weighted by Crippen LogP contribution is 2.18. The van der Waals surface area contributed by atoms with Gasteiger partial charge in [0.15, 0.2) is 6.61 Å². The number of carbonyl (C=O) groups excluding carboxylic acids is 3. The molecular weight excluding hydrogens is 324 g/mol. The lowest BCUT2D eigenvalue weighted by Gasteiger charge is -2.21. The number of esters is 2. The van der Waals surface area contributed by atoms with Crippen LogP contribution < -0.4 is 5.32 Å². The van der Waals surface area contributed by atoms with E-state index in [9.17, 15) is 14.4 Å². The number of rotatable bonds is 7. The van der Waals surface area contributed by atoms with Crippen molar-refractivity contribution in [1.82, 2.24) is 10.3 Å². The van der Waals surface area contributed by atoms with E-state index in [1.807, 2.05) is 32.0 Å². The first kappa shape index (κ1) is 18.5. The van der Waals surface area contributed by atoms with Gasteiger partial charge in [0, 0.05) is 17.1 Å². The molecule has 0 unspecified atom stereocenters. The van der Waals surface area contributed by atoms with Crippen LogP contribution in [-0.4, -0.2) is 42.6 Å². The summed E-state index contributed by atoms with van der Waals surface area (Å²) in [6.07, 6.45) is 2.23. The van der Waals surface area contributed by atoms with E-state index in [1.54, 1.807) is 12.3 Å². The van der Waals surface area contributed by atoms with E-state index in [1.165, 1.54) is 7.11 Å². The molecule has 2 atom stereocenters.